The number of nitrogens with zero attached hydrogens (tertiary/aromatic N) is 1. The van der Waals surface area contributed by atoms with E-state index in [-0.39, 0.29) is 5.69 Å². The molecule has 1 aromatic rings. The second kappa shape index (κ2) is 3.79. The number of hydrogen-bond donors (Lipinski definition) is 3. The average Bonchev–Trinajstić information content (AvgIpc) is 2.50. The van der Waals surface area contributed by atoms with Gasteiger partial charge in [-0.2, -0.15) is 5.10 Å². The lowest BCUT2D eigenvalue weighted by atomic mass is 9.93. The maximum absolute atomic E-state index is 10.5. The minimum absolute atomic E-state index is 0.0791. The van der Waals surface area contributed by atoms with Crippen LogP contribution in [0.3, 0.4) is 0 Å². The van der Waals surface area contributed by atoms with Gasteiger partial charge in [0.05, 0.1) is 0 Å². The third-order valence-electron chi connectivity index (χ3n) is 2.54. The summed E-state index contributed by atoms with van der Waals surface area (Å²) < 4.78 is 0. The van der Waals surface area contributed by atoms with Crippen molar-refractivity contribution in [2.24, 2.45) is 0 Å². The van der Waals surface area contributed by atoms with Gasteiger partial charge in [0.1, 0.15) is 0 Å². The van der Waals surface area contributed by atoms with Crippen LogP contribution in [-0.4, -0.2) is 27.3 Å². The molecule has 1 aromatic heterocycles. The Hall–Kier alpha value is -1.36. The standard InChI is InChI=1S/C9H13N3O2/c13-9(14)8-4-7(11-12-8)5-10-6-2-1-3-6/h4,6,10H,1-3,5H2,(H,11,12)(H,13,14). The molecule has 1 aliphatic carbocycles. The van der Waals surface area contributed by atoms with E-state index in [1.165, 1.54) is 19.3 Å². The lowest BCUT2D eigenvalue weighted by molar-refractivity contribution is 0.0690. The summed E-state index contributed by atoms with van der Waals surface area (Å²) in [6.07, 6.45) is 3.74. The topological polar surface area (TPSA) is 78.0 Å². The maximum Gasteiger partial charge on any atom is 0.356 e. The highest BCUT2D eigenvalue weighted by molar-refractivity contribution is 5.85. The average molecular weight is 195 g/mol. The second-order valence-electron chi connectivity index (χ2n) is 3.59. The quantitative estimate of drug-likeness (QED) is 0.662. The fraction of sp³-hybridized carbons (Fsp3) is 0.556. The van der Waals surface area contributed by atoms with Crippen LogP contribution in [0.25, 0.3) is 0 Å². The summed E-state index contributed by atoms with van der Waals surface area (Å²) in [5, 5.41) is 18.3. The lowest BCUT2D eigenvalue weighted by Gasteiger charge is -2.26. The molecule has 0 bridgehead atoms. The van der Waals surface area contributed by atoms with Crippen LogP contribution in [0.2, 0.25) is 0 Å². The summed E-state index contributed by atoms with van der Waals surface area (Å²) in [5.74, 6) is -0.990. The Labute approximate surface area is 81.5 Å². The highest BCUT2D eigenvalue weighted by atomic mass is 16.4. The number of hydrogen-bond acceptors (Lipinski definition) is 3. The fourth-order valence-electron chi connectivity index (χ4n) is 1.43. The van der Waals surface area contributed by atoms with Crippen LogP contribution in [-0.2, 0) is 6.54 Å². The zero-order valence-corrected chi connectivity index (χ0v) is 7.79. The van der Waals surface area contributed by atoms with Gasteiger partial charge in [-0.15, -0.1) is 0 Å². The van der Waals surface area contributed by atoms with Crippen LogP contribution in [0, 0.1) is 0 Å². The van der Waals surface area contributed by atoms with Crippen molar-refractivity contribution in [2.75, 3.05) is 0 Å². The van der Waals surface area contributed by atoms with Gasteiger partial charge >= 0.3 is 5.97 Å². The molecular weight excluding hydrogens is 182 g/mol. The number of rotatable bonds is 4. The molecule has 0 aliphatic heterocycles. The Kier molecular flexibility index (Phi) is 2.49. The van der Waals surface area contributed by atoms with Gasteiger partial charge in [-0.25, -0.2) is 4.79 Å². The molecule has 0 spiro atoms. The summed E-state index contributed by atoms with van der Waals surface area (Å²) >= 11 is 0. The predicted octanol–water partition coefficient (Wildman–Crippen LogP) is 0.750. The number of H-pyrrole nitrogens is 1. The van der Waals surface area contributed by atoms with Crippen LogP contribution in [0.1, 0.15) is 35.4 Å². The van der Waals surface area contributed by atoms with E-state index in [9.17, 15) is 4.79 Å². The number of carboxylic acids is 1. The van der Waals surface area contributed by atoms with E-state index < -0.39 is 5.97 Å². The molecule has 1 saturated carbocycles. The Balaban J connectivity index is 1.86. The zero-order chi connectivity index (χ0) is 9.97. The molecule has 0 atom stereocenters. The van der Waals surface area contributed by atoms with Crippen molar-refractivity contribution in [3.05, 3.63) is 17.5 Å². The Morgan fingerprint density at radius 2 is 2.50 bits per heavy atom. The third kappa shape index (κ3) is 1.93. The molecule has 1 fully saturated rings. The van der Waals surface area contributed by atoms with E-state index in [4.69, 9.17) is 5.11 Å². The summed E-state index contributed by atoms with van der Waals surface area (Å²) in [5.41, 5.74) is 0.907. The fourth-order valence-corrected chi connectivity index (χ4v) is 1.43. The molecule has 0 amide bonds. The van der Waals surface area contributed by atoms with Crippen molar-refractivity contribution in [1.29, 1.82) is 0 Å². The highest BCUT2D eigenvalue weighted by Gasteiger charge is 2.16. The molecule has 5 nitrogen and oxygen atoms in total. The first-order chi connectivity index (χ1) is 6.75. The van der Waals surface area contributed by atoms with E-state index >= 15 is 0 Å². The number of carbonyl (C=O) groups is 1. The first kappa shape index (κ1) is 9.21. The van der Waals surface area contributed by atoms with Crippen LogP contribution >= 0.6 is 0 Å². The summed E-state index contributed by atoms with van der Waals surface area (Å²) in [4.78, 5) is 10.5. The van der Waals surface area contributed by atoms with Crippen molar-refractivity contribution in [2.45, 2.75) is 31.8 Å². The van der Waals surface area contributed by atoms with Crippen molar-refractivity contribution < 1.29 is 9.90 Å². The molecule has 14 heavy (non-hydrogen) atoms. The van der Waals surface area contributed by atoms with E-state index in [1.54, 1.807) is 6.07 Å². The maximum atomic E-state index is 10.5. The monoisotopic (exact) mass is 195 g/mol. The van der Waals surface area contributed by atoms with Crippen molar-refractivity contribution >= 4 is 5.97 Å². The van der Waals surface area contributed by atoms with E-state index in [1.807, 2.05) is 0 Å². The third-order valence-corrected chi connectivity index (χ3v) is 2.54. The molecule has 2 rings (SSSR count). The van der Waals surface area contributed by atoms with E-state index in [0.29, 0.717) is 12.6 Å². The first-order valence-electron chi connectivity index (χ1n) is 4.76. The zero-order valence-electron chi connectivity index (χ0n) is 7.79. The number of carboxylic acid groups (broad SMARTS) is 1. The van der Waals surface area contributed by atoms with Crippen molar-refractivity contribution in [1.82, 2.24) is 15.5 Å². The second-order valence-corrected chi connectivity index (χ2v) is 3.59. The van der Waals surface area contributed by atoms with Gasteiger partial charge < -0.3 is 10.4 Å². The Morgan fingerprint density at radius 1 is 1.71 bits per heavy atom. The number of aromatic amines is 1. The van der Waals surface area contributed by atoms with E-state index in [2.05, 4.69) is 15.5 Å². The molecule has 0 saturated heterocycles. The SMILES string of the molecule is O=C(O)c1cc(CNC2CCC2)[nH]n1. The summed E-state index contributed by atoms with van der Waals surface area (Å²) in [6, 6.07) is 2.17. The molecule has 0 radical (unpaired) electrons. The van der Waals surface area contributed by atoms with Gasteiger partial charge in [-0.1, -0.05) is 6.42 Å². The molecule has 0 unspecified atom stereocenters. The van der Waals surface area contributed by atoms with Crippen LogP contribution in [0.4, 0.5) is 0 Å². The Bertz CT molecular complexity index is 331. The normalized spacial score (nSPS) is 16.6. The molecule has 3 N–H and O–H groups in total. The highest BCUT2D eigenvalue weighted by Crippen LogP contribution is 2.18. The summed E-state index contributed by atoms with van der Waals surface area (Å²) in [6.45, 7) is 0.672. The molecule has 5 heteroatoms. The lowest BCUT2D eigenvalue weighted by Crippen LogP contribution is -2.34. The van der Waals surface area contributed by atoms with Crippen molar-refractivity contribution in [3.8, 4) is 0 Å². The van der Waals surface area contributed by atoms with Gasteiger partial charge in [0.25, 0.3) is 0 Å². The molecule has 76 valence electrons. The van der Waals surface area contributed by atoms with Gasteiger partial charge in [-0.05, 0) is 18.9 Å². The molecular formula is C9H13N3O2. The molecule has 0 aromatic carbocycles. The van der Waals surface area contributed by atoms with Gasteiger partial charge in [-0.3, -0.25) is 5.10 Å². The largest absolute Gasteiger partial charge is 0.476 e. The van der Waals surface area contributed by atoms with Crippen molar-refractivity contribution in [3.63, 3.8) is 0 Å². The number of aromatic carboxylic acids is 1. The summed E-state index contributed by atoms with van der Waals surface area (Å²) in [7, 11) is 0. The molecule has 1 heterocycles. The molecule has 1 aliphatic rings. The first-order valence-corrected chi connectivity index (χ1v) is 4.76. The predicted molar refractivity (Wildman–Crippen MR) is 50.0 cm³/mol. The minimum atomic E-state index is -0.990. The van der Waals surface area contributed by atoms with Crippen LogP contribution in [0.15, 0.2) is 6.07 Å². The van der Waals surface area contributed by atoms with E-state index in [0.717, 1.165) is 5.69 Å². The minimum Gasteiger partial charge on any atom is -0.476 e. The van der Waals surface area contributed by atoms with Crippen LogP contribution in [0.5, 0.6) is 0 Å². The van der Waals surface area contributed by atoms with Gasteiger partial charge in [0.2, 0.25) is 0 Å². The number of aromatic nitrogens is 2. The van der Waals surface area contributed by atoms with Gasteiger partial charge in [0.15, 0.2) is 5.69 Å². The van der Waals surface area contributed by atoms with Crippen LogP contribution < -0.4 is 5.32 Å². The van der Waals surface area contributed by atoms with Gasteiger partial charge in [0, 0.05) is 18.3 Å². The Morgan fingerprint density at radius 3 is 3.00 bits per heavy atom. The number of nitrogens with one attached hydrogen (secondary N) is 2. The smallest absolute Gasteiger partial charge is 0.356 e.